The molecule has 0 aliphatic heterocycles. The molecule has 2 aromatic rings. The fourth-order valence-corrected chi connectivity index (χ4v) is 3.25. The summed E-state index contributed by atoms with van der Waals surface area (Å²) in [5.41, 5.74) is 2.20. The van der Waals surface area contributed by atoms with Crippen molar-refractivity contribution in [2.24, 2.45) is 0 Å². The van der Waals surface area contributed by atoms with Gasteiger partial charge in [-0.3, -0.25) is 9.59 Å². The molecule has 0 bridgehead atoms. The minimum absolute atomic E-state index is 0.236. The number of halogens is 1. The number of carbonyl (C=O) groups excluding carboxylic acids is 3. The van der Waals surface area contributed by atoms with Crippen LogP contribution in [0, 0.1) is 13.8 Å². The lowest BCUT2D eigenvalue weighted by molar-refractivity contribution is 0.0593. The number of ketones is 1. The van der Waals surface area contributed by atoms with E-state index >= 15 is 0 Å². The van der Waals surface area contributed by atoms with Crippen LogP contribution in [0.25, 0.3) is 0 Å². The lowest BCUT2D eigenvalue weighted by Crippen LogP contribution is -2.43. The zero-order valence-corrected chi connectivity index (χ0v) is 16.8. The second-order valence-corrected chi connectivity index (χ2v) is 6.69. The topological polar surface area (TPSA) is 79.5 Å². The number of aromatic nitrogens is 1. The number of hydrogen-bond acceptors (Lipinski definition) is 4. The van der Waals surface area contributed by atoms with Crippen molar-refractivity contribution in [3.05, 3.63) is 57.4 Å². The van der Waals surface area contributed by atoms with E-state index in [9.17, 15) is 14.4 Å². The molecule has 6 nitrogen and oxygen atoms in total. The highest BCUT2D eigenvalue weighted by atomic mass is 35.5. The molecule has 0 aliphatic carbocycles. The molecule has 1 N–H and O–H groups in total. The highest BCUT2D eigenvalue weighted by molar-refractivity contribution is 6.30. The third kappa shape index (κ3) is 4.06. The van der Waals surface area contributed by atoms with Crippen LogP contribution in [-0.4, -0.2) is 47.2 Å². The van der Waals surface area contributed by atoms with Gasteiger partial charge in [-0.05, 0) is 57.5 Å². The Balaban J connectivity index is 2.34. The van der Waals surface area contributed by atoms with Gasteiger partial charge >= 0.3 is 5.97 Å². The van der Waals surface area contributed by atoms with Crippen LogP contribution in [0.1, 0.15) is 56.3 Å². The highest BCUT2D eigenvalue weighted by Crippen LogP contribution is 2.23. The Morgan fingerprint density at radius 3 is 2.30 bits per heavy atom. The number of amides is 1. The highest BCUT2D eigenvalue weighted by Gasteiger charge is 2.30. The number of likely N-dealkylation sites (N-methyl/N-ethyl adjacent to an activating group) is 1. The summed E-state index contributed by atoms with van der Waals surface area (Å²) >= 11 is 5.88. The van der Waals surface area contributed by atoms with Crippen molar-refractivity contribution < 1.29 is 19.1 Å². The first-order valence-corrected chi connectivity index (χ1v) is 8.98. The van der Waals surface area contributed by atoms with Crippen LogP contribution in [0.5, 0.6) is 0 Å². The Kier molecular flexibility index (Phi) is 6.44. The number of carbonyl (C=O) groups is 3. The fourth-order valence-electron chi connectivity index (χ4n) is 3.13. The van der Waals surface area contributed by atoms with Gasteiger partial charge in [0.1, 0.15) is 5.69 Å². The molecule has 1 atom stereocenters. The van der Waals surface area contributed by atoms with Gasteiger partial charge in [0.05, 0.1) is 13.2 Å². The molecular formula is C20H23ClN2O4. The largest absolute Gasteiger partial charge is 0.464 e. The van der Waals surface area contributed by atoms with Gasteiger partial charge in [0.15, 0.2) is 5.78 Å². The van der Waals surface area contributed by atoms with E-state index in [1.165, 1.54) is 12.0 Å². The summed E-state index contributed by atoms with van der Waals surface area (Å²) in [5, 5.41) is 0.535. The van der Waals surface area contributed by atoms with Crippen LogP contribution >= 0.6 is 11.6 Å². The minimum Gasteiger partial charge on any atom is -0.464 e. The molecular weight excluding hydrogens is 368 g/mol. The first-order valence-electron chi connectivity index (χ1n) is 8.61. The van der Waals surface area contributed by atoms with Crippen molar-refractivity contribution in [2.45, 2.75) is 33.7 Å². The molecule has 1 unspecified atom stereocenters. The van der Waals surface area contributed by atoms with E-state index < -0.39 is 12.0 Å². The quantitative estimate of drug-likeness (QED) is 0.601. The second kappa shape index (κ2) is 8.39. The number of H-pyrrole nitrogens is 1. The van der Waals surface area contributed by atoms with E-state index in [-0.39, 0.29) is 17.4 Å². The van der Waals surface area contributed by atoms with Gasteiger partial charge in [0.25, 0.3) is 5.91 Å². The van der Waals surface area contributed by atoms with Crippen molar-refractivity contribution in [3.63, 3.8) is 0 Å². The molecule has 144 valence electrons. The predicted molar refractivity (Wildman–Crippen MR) is 104 cm³/mol. The van der Waals surface area contributed by atoms with Crippen LogP contribution in [-0.2, 0) is 4.74 Å². The van der Waals surface area contributed by atoms with Gasteiger partial charge < -0.3 is 14.6 Å². The number of Topliss-reactive ketones (excluding diaryl/α,β-unsaturated/α-hetero) is 1. The standard InChI is InChI=1S/C20H23ClN2O4/c1-6-23(19(25)14-7-9-15(21)10-8-14)13(4)18(24)16-11(2)17(20(26)27-5)22-12(16)3/h7-10,13,22H,6H2,1-5H3. The van der Waals surface area contributed by atoms with E-state index in [0.717, 1.165) is 0 Å². The third-order valence-corrected chi connectivity index (χ3v) is 4.87. The maximum Gasteiger partial charge on any atom is 0.354 e. The number of benzene rings is 1. The molecule has 0 radical (unpaired) electrons. The van der Waals surface area contributed by atoms with Gasteiger partial charge in [-0.2, -0.15) is 0 Å². The molecule has 0 spiro atoms. The second-order valence-electron chi connectivity index (χ2n) is 6.25. The monoisotopic (exact) mass is 390 g/mol. The number of nitrogens with zero attached hydrogens (tertiary/aromatic N) is 1. The van der Waals surface area contributed by atoms with E-state index in [0.29, 0.717) is 34.0 Å². The average Bonchev–Trinajstić information content (AvgIpc) is 2.95. The van der Waals surface area contributed by atoms with Crippen molar-refractivity contribution in [3.8, 4) is 0 Å². The molecule has 1 aromatic heterocycles. The lowest BCUT2D eigenvalue weighted by Gasteiger charge is -2.27. The van der Waals surface area contributed by atoms with Crippen molar-refractivity contribution >= 4 is 29.3 Å². The van der Waals surface area contributed by atoms with Gasteiger partial charge in [-0.15, -0.1) is 0 Å². The predicted octanol–water partition coefficient (Wildman–Crippen LogP) is 3.81. The summed E-state index contributed by atoms with van der Waals surface area (Å²) in [4.78, 5) is 42.2. The van der Waals surface area contributed by atoms with E-state index in [4.69, 9.17) is 16.3 Å². The fraction of sp³-hybridized carbons (Fsp3) is 0.350. The molecule has 0 fully saturated rings. The molecule has 27 heavy (non-hydrogen) atoms. The Morgan fingerprint density at radius 1 is 1.19 bits per heavy atom. The number of hydrogen-bond donors (Lipinski definition) is 1. The Labute approximate surface area is 163 Å². The number of nitrogens with one attached hydrogen (secondary N) is 1. The van der Waals surface area contributed by atoms with Crippen LogP contribution in [0.3, 0.4) is 0 Å². The smallest absolute Gasteiger partial charge is 0.354 e. The number of esters is 1. The van der Waals surface area contributed by atoms with E-state index in [1.54, 1.807) is 45.0 Å². The Hall–Kier alpha value is -2.60. The number of methoxy groups -OCH3 is 1. The maximum atomic E-state index is 13.1. The molecule has 1 amide bonds. The van der Waals surface area contributed by atoms with Crippen LogP contribution in [0.15, 0.2) is 24.3 Å². The van der Waals surface area contributed by atoms with E-state index in [2.05, 4.69) is 4.98 Å². The molecule has 2 rings (SSSR count). The first kappa shape index (κ1) is 20.7. The van der Waals surface area contributed by atoms with Crippen molar-refractivity contribution in [2.75, 3.05) is 13.7 Å². The van der Waals surface area contributed by atoms with Crippen molar-refractivity contribution in [1.82, 2.24) is 9.88 Å². The average molecular weight is 391 g/mol. The summed E-state index contributed by atoms with van der Waals surface area (Å²) in [6.45, 7) is 7.27. The third-order valence-electron chi connectivity index (χ3n) is 4.61. The van der Waals surface area contributed by atoms with Crippen LogP contribution in [0.4, 0.5) is 0 Å². The van der Waals surface area contributed by atoms with Crippen molar-refractivity contribution in [1.29, 1.82) is 0 Å². The summed E-state index contributed by atoms with van der Waals surface area (Å²) in [6.07, 6.45) is 0. The molecule has 1 aromatic carbocycles. The summed E-state index contributed by atoms with van der Waals surface area (Å²) in [6, 6.07) is 5.84. The van der Waals surface area contributed by atoms with E-state index in [1.807, 2.05) is 6.92 Å². The zero-order valence-electron chi connectivity index (χ0n) is 16.1. The SMILES string of the molecule is CCN(C(=O)c1ccc(Cl)cc1)C(C)C(=O)c1c(C)[nH]c(C(=O)OC)c1C. The van der Waals surface area contributed by atoms with Gasteiger partial charge in [-0.25, -0.2) is 4.79 Å². The Bertz CT molecular complexity index is 871. The summed E-state index contributed by atoms with van der Waals surface area (Å²) in [7, 11) is 1.28. The Morgan fingerprint density at radius 2 is 1.78 bits per heavy atom. The van der Waals surface area contributed by atoms with Crippen LogP contribution < -0.4 is 0 Å². The number of rotatable bonds is 6. The molecule has 7 heteroatoms. The molecule has 0 aliphatic rings. The molecule has 0 saturated heterocycles. The van der Waals surface area contributed by atoms with Gasteiger partial charge in [0.2, 0.25) is 0 Å². The number of aromatic amines is 1. The summed E-state index contributed by atoms with van der Waals surface area (Å²) in [5.74, 6) is -1.03. The molecule has 0 saturated carbocycles. The number of aryl methyl sites for hydroxylation is 1. The molecule has 1 heterocycles. The zero-order chi connectivity index (χ0) is 20.3. The number of ether oxygens (including phenoxy) is 1. The van der Waals surface area contributed by atoms with Gasteiger partial charge in [-0.1, -0.05) is 11.6 Å². The maximum absolute atomic E-state index is 13.1. The minimum atomic E-state index is -0.697. The first-order chi connectivity index (χ1) is 12.7. The summed E-state index contributed by atoms with van der Waals surface area (Å²) < 4.78 is 4.74. The lowest BCUT2D eigenvalue weighted by atomic mass is 9.99. The van der Waals surface area contributed by atoms with Gasteiger partial charge in [0, 0.05) is 28.4 Å². The van der Waals surface area contributed by atoms with Crippen LogP contribution in [0.2, 0.25) is 5.02 Å². The normalized spacial score (nSPS) is 11.8.